The van der Waals surface area contributed by atoms with Crippen LogP contribution in [0.25, 0.3) is 11.0 Å². The number of furan rings is 1. The third kappa shape index (κ3) is 4.34. The van der Waals surface area contributed by atoms with Gasteiger partial charge in [-0.3, -0.25) is 10.6 Å². The SMILES string of the molecule is CCOC(=O)Nc1oc2c(Br)nccc2c1OC(=O)Nc1ccc(F)c(Cl)c1. The van der Waals surface area contributed by atoms with E-state index in [9.17, 15) is 14.0 Å². The first-order valence-electron chi connectivity index (χ1n) is 7.83. The van der Waals surface area contributed by atoms with Gasteiger partial charge < -0.3 is 13.9 Å². The number of nitrogens with one attached hydrogen (secondary N) is 2. The van der Waals surface area contributed by atoms with Crippen LogP contribution in [-0.4, -0.2) is 23.8 Å². The van der Waals surface area contributed by atoms with Crippen molar-refractivity contribution in [2.24, 2.45) is 0 Å². The lowest BCUT2D eigenvalue weighted by atomic mass is 10.3. The summed E-state index contributed by atoms with van der Waals surface area (Å²) in [6, 6.07) is 5.18. The molecule has 0 atom stereocenters. The highest BCUT2D eigenvalue weighted by molar-refractivity contribution is 9.10. The quantitative estimate of drug-likeness (QED) is 0.482. The van der Waals surface area contributed by atoms with Crippen LogP contribution in [-0.2, 0) is 4.74 Å². The Morgan fingerprint density at radius 3 is 2.79 bits per heavy atom. The van der Waals surface area contributed by atoms with Crippen molar-refractivity contribution in [1.29, 1.82) is 0 Å². The first-order valence-corrected chi connectivity index (χ1v) is 9.00. The zero-order valence-corrected chi connectivity index (χ0v) is 16.6. The molecule has 0 radical (unpaired) electrons. The Kier molecular flexibility index (Phi) is 6.00. The van der Waals surface area contributed by atoms with E-state index in [0.717, 1.165) is 6.07 Å². The van der Waals surface area contributed by atoms with Gasteiger partial charge in [0.15, 0.2) is 5.58 Å². The van der Waals surface area contributed by atoms with E-state index in [2.05, 4.69) is 31.5 Å². The fraction of sp³-hybridized carbons (Fsp3) is 0.118. The Labute approximate surface area is 171 Å². The summed E-state index contributed by atoms with van der Waals surface area (Å²) in [5.41, 5.74) is 0.467. The Morgan fingerprint density at radius 1 is 1.29 bits per heavy atom. The molecule has 0 spiro atoms. The van der Waals surface area contributed by atoms with E-state index >= 15 is 0 Å². The van der Waals surface area contributed by atoms with Crippen molar-refractivity contribution >= 4 is 62.3 Å². The molecule has 146 valence electrons. The van der Waals surface area contributed by atoms with E-state index < -0.39 is 18.0 Å². The largest absolute Gasteiger partial charge is 0.450 e. The van der Waals surface area contributed by atoms with Gasteiger partial charge in [-0.1, -0.05) is 11.6 Å². The van der Waals surface area contributed by atoms with Gasteiger partial charge in [-0.05, 0) is 47.1 Å². The van der Waals surface area contributed by atoms with Gasteiger partial charge >= 0.3 is 12.2 Å². The highest BCUT2D eigenvalue weighted by Gasteiger charge is 2.23. The van der Waals surface area contributed by atoms with Crippen LogP contribution >= 0.6 is 27.5 Å². The van der Waals surface area contributed by atoms with Gasteiger partial charge in [0.1, 0.15) is 10.4 Å². The molecular weight excluding hydrogens is 461 g/mol. The molecule has 3 aromatic rings. The summed E-state index contributed by atoms with van der Waals surface area (Å²) < 4.78 is 29.2. The van der Waals surface area contributed by atoms with Crippen LogP contribution in [0.3, 0.4) is 0 Å². The van der Waals surface area contributed by atoms with Crippen molar-refractivity contribution in [1.82, 2.24) is 4.98 Å². The number of benzene rings is 1. The van der Waals surface area contributed by atoms with Crippen molar-refractivity contribution in [2.75, 3.05) is 17.2 Å². The van der Waals surface area contributed by atoms with Crippen molar-refractivity contribution in [3.63, 3.8) is 0 Å². The molecule has 2 heterocycles. The van der Waals surface area contributed by atoms with Gasteiger partial charge in [0.05, 0.1) is 17.0 Å². The highest BCUT2D eigenvalue weighted by Crippen LogP contribution is 2.40. The molecular formula is C17H12BrClFN3O5. The van der Waals surface area contributed by atoms with Gasteiger partial charge in [0.2, 0.25) is 11.6 Å². The fourth-order valence-corrected chi connectivity index (χ4v) is 2.82. The maximum Gasteiger partial charge on any atom is 0.417 e. The molecule has 3 rings (SSSR count). The zero-order chi connectivity index (χ0) is 20.3. The maximum atomic E-state index is 13.2. The van der Waals surface area contributed by atoms with E-state index in [1.807, 2.05) is 0 Å². The summed E-state index contributed by atoms with van der Waals surface area (Å²) in [4.78, 5) is 28.0. The number of anilines is 2. The number of hydrogen-bond donors (Lipinski definition) is 2. The number of halogens is 3. The van der Waals surface area contributed by atoms with Crippen molar-refractivity contribution in [3.8, 4) is 5.75 Å². The van der Waals surface area contributed by atoms with E-state index in [1.54, 1.807) is 6.92 Å². The van der Waals surface area contributed by atoms with Gasteiger partial charge in [0.25, 0.3) is 0 Å². The van der Waals surface area contributed by atoms with Crippen LogP contribution < -0.4 is 15.4 Å². The first-order chi connectivity index (χ1) is 13.4. The van der Waals surface area contributed by atoms with Gasteiger partial charge in [0, 0.05) is 11.9 Å². The molecule has 2 amide bonds. The summed E-state index contributed by atoms with van der Waals surface area (Å²) in [7, 11) is 0. The first kappa shape index (κ1) is 19.9. The predicted molar refractivity (Wildman–Crippen MR) is 103 cm³/mol. The smallest absolute Gasteiger partial charge is 0.417 e. The Hall–Kier alpha value is -2.85. The molecule has 28 heavy (non-hydrogen) atoms. The second-order valence-corrected chi connectivity index (χ2v) is 6.39. The Bertz CT molecular complexity index is 1060. The molecule has 0 aliphatic heterocycles. The lowest BCUT2D eigenvalue weighted by molar-refractivity contribution is 0.167. The molecule has 2 aromatic heterocycles. The fourth-order valence-electron chi connectivity index (χ4n) is 2.22. The number of fused-ring (bicyclic) bond motifs is 1. The minimum absolute atomic E-state index is 0.0585. The molecule has 11 heteroatoms. The number of carbonyl (C=O) groups is 2. The minimum Gasteiger partial charge on any atom is -0.450 e. The Balaban J connectivity index is 1.89. The lowest BCUT2D eigenvalue weighted by Crippen LogP contribution is -2.18. The molecule has 0 aliphatic rings. The number of hydrogen-bond acceptors (Lipinski definition) is 6. The number of carbonyl (C=O) groups excluding carboxylic acids is 2. The van der Waals surface area contributed by atoms with Gasteiger partial charge in [-0.25, -0.2) is 19.0 Å². The molecule has 1 aromatic carbocycles. The number of nitrogens with zero attached hydrogens (tertiary/aromatic N) is 1. The number of ether oxygens (including phenoxy) is 2. The average molecular weight is 473 g/mol. The summed E-state index contributed by atoms with van der Waals surface area (Å²) in [6.45, 7) is 1.77. The standard InChI is InChI=1S/C17H12BrClFN3O5/c1-2-26-16(24)23-15-13(9-5-6-21-14(18)12(9)27-15)28-17(25)22-8-3-4-11(20)10(19)7-8/h3-7H,2H2,1H3,(H,22,25)(H,23,24). The molecule has 0 saturated heterocycles. The predicted octanol–water partition coefficient (Wildman–Crippen LogP) is 5.56. The maximum absolute atomic E-state index is 13.2. The molecule has 8 nitrogen and oxygen atoms in total. The van der Waals surface area contributed by atoms with E-state index in [1.165, 1.54) is 24.4 Å². The third-order valence-electron chi connectivity index (χ3n) is 3.37. The van der Waals surface area contributed by atoms with Crippen LogP contribution in [0.2, 0.25) is 5.02 Å². The molecule has 2 N–H and O–H groups in total. The van der Waals surface area contributed by atoms with Crippen molar-refractivity contribution < 1.29 is 27.9 Å². The summed E-state index contributed by atoms with van der Waals surface area (Å²) in [5, 5.41) is 4.98. The average Bonchev–Trinajstić information content (AvgIpc) is 2.97. The van der Waals surface area contributed by atoms with Crippen molar-refractivity contribution in [2.45, 2.75) is 6.92 Å². The minimum atomic E-state index is -0.912. The second-order valence-electron chi connectivity index (χ2n) is 5.23. The van der Waals surface area contributed by atoms with Crippen LogP contribution in [0.1, 0.15) is 6.92 Å². The monoisotopic (exact) mass is 471 g/mol. The molecule has 0 aliphatic carbocycles. The molecule has 0 saturated carbocycles. The highest BCUT2D eigenvalue weighted by atomic mass is 79.9. The van der Waals surface area contributed by atoms with Gasteiger partial charge in [-0.2, -0.15) is 0 Å². The number of aromatic nitrogens is 1. The lowest BCUT2D eigenvalue weighted by Gasteiger charge is -2.08. The summed E-state index contributed by atoms with van der Waals surface area (Å²) in [6.07, 6.45) is -0.243. The van der Waals surface area contributed by atoms with Crippen LogP contribution in [0, 0.1) is 5.82 Å². The molecule has 0 bridgehead atoms. The van der Waals surface area contributed by atoms with E-state index in [4.69, 9.17) is 25.5 Å². The molecule has 0 fully saturated rings. The number of rotatable bonds is 4. The topological polar surface area (TPSA) is 103 Å². The number of pyridine rings is 1. The Morgan fingerprint density at radius 2 is 2.07 bits per heavy atom. The van der Waals surface area contributed by atoms with Crippen LogP contribution in [0.4, 0.5) is 25.6 Å². The molecule has 0 unspecified atom stereocenters. The second kappa shape index (κ2) is 8.44. The summed E-state index contributed by atoms with van der Waals surface area (Å²) >= 11 is 8.91. The van der Waals surface area contributed by atoms with Crippen molar-refractivity contribution in [3.05, 3.63) is 45.9 Å². The zero-order valence-electron chi connectivity index (χ0n) is 14.2. The van der Waals surface area contributed by atoms with E-state index in [0.29, 0.717) is 9.99 Å². The third-order valence-corrected chi connectivity index (χ3v) is 4.22. The normalized spacial score (nSPS) is 10.6. The van der Waals surface area contributed by atoms with Crippen LogP contribution in [0.5, 0.6) is 5.75 Å². The van der Waals surface area contributed by atoms with E-state index in [-0.39, 0.29) is 34.5 Å². The van der Waals surface area contributed by atoms with Crippen LogP contribution in [0.15, 0.2) is 39.5 Å². The number of amides is 2. The van der Waals surface area contributed by atoms with Gasteiger partial charge in [-0.15, -0.1) is 0 Å². The summed E-state index contributed by atoms with van der Waals surface area (Å²) in [5.74, 6) is -0.828.